The third-order valence-electron chi connectivity index (χ3n) is 4.07. The minimum absolute atomic E-state index is 0.431. The van der Waals surface area contributed by atoms with Crippen molar-refractivity contribution in [1.29, 1.82) is 0 Å². The summed E-state index contributed by atoms with van der Waals surface area (Å²) >= 11 is 3.56. The van der Waals surface area contributed by atoms with Crippen LogP contribution in [-0.4, -0.2) is 5.97 Å². The third kappa shape index (κ3) is 6.38. The Balaban J connectivity index is 0.000000273. The summed E-state index contributed by atoms with van der Waals surface area (Å²) in [4.78, 5) is 11.6. The van der Waals surface area contributed by atoms with Gasteiger partial charge in [-0.25, -0.2) is 4.79 Å². The quantitative estimate of drug-likeness (QED) is 0.348. The van der Waals surface area contributed by atoms with E-state index in [-0.39, 0.29) is 0 Å². The van der Waals surface area contributed by atoms with E-state index in [1.54, 1.807) is 0 Å². The molecule has 27 heavy (non-hydrogen) atoms. The molecule has 0 saturated carbocycles. The number of carbonyl (C=O) groups is 1. The first-order chi connectivity index (χ1) is 12.9. The Morgan fingerprint density at radius 1 is 0.852 bits per heavy atom. The largest absolute Gasteiger partial charge is 0.399 e. The monoisotopic (exact) mass is 380 g/mol. The molecule has 0 aliphatic carbocycles. The summed E-state index contributed by atoms with van der Waals surface area (Å²) in [7, 11) is 0. The average molecular weight is 381 g/mol. The molecule has 0 heterocycles. The van der Waals surface area contributed by atoms with Crippen LogP contribution in [0.2, 0.25) is 0 Å². The van der Waals surface area contributed by atoms with E-state index in [0.717, 1.165) is 34.5 Å². The molecule has 0 aliphatic heterocycles. The number of nitrogens with two attached hydrogens (primary N) is 2. The minimum Gasteiger partial charge on any atom is -0.399 e. The molecule has 4 nitrogen and oxygen atoms in total. The molecule has 3 aromatic rings. The molecule has 3 rings (SSSR count). The molecule has 0 radical (unpaired) electrons. The molecule has 0 amide bonds. The van der Waals surface area contributed by atoms with Crippen LogP contribution in [0, 0.1) is 13.8 Å². The molecule has 0 spiro atoms. The number of nitrogen functional groups attached to an aromatic ring is 2. The lowest BCUT2D eigenvalue weighted by Gasteiger charge is -2.07. The molecule has 0 atom stereocenters. The lowest BCUT2D eigenvalue weighted by atomic mass is 10.00. The summed E-state index contributed by atoms with van der Waals surface area (Å²) in [6.45, 7) is 3.91. The van der Waals surface area contributed by atoms with Gasteiger partial charge >= 0.3 is 5.97 Å². The summed E-state index contributed by atoms with van der Waals surface area (Å²) in [6.07, 6.45) is 0.743. The SMILES string of the molecule is Cc1ccc(Cc2ccc(N)cc2)cc1C(=O)OS.Cc1ccc(N)cc1. The van der Waals surface area contributed by atoms with Gasteiger partial charge in [-0.15, -0.1) is 0 Å². The van der Waals surface area contributed by atoms with Gasteiger partial charge in [0.25, 0.3) is 0 Å². The van der Waals surface area contributed by atoms with Gasteiger partial charge in [-0.3, -0.25) is 0 Å². The van der Waals surface area contributed by atoms with Crippen LogP contribution >= 0.6 is 12.9 Å². The molecule has 4 N–H and O–H groups in total. The summed E-state index contributed by atoms with van der Waals surface area (Å²) in [5.74, 6) is -0.431. The highest BCUT2D eigenvalue weighted by Gasteiger charge is 2.10. The standard InChI is InChI=1S/C15H15NO2S.C7H9N/c1-10-2-3-12(9-14(10)15(17)18-19)8-11-4-6-13(16)7-5-11;1-6-2-4-7(8)5-3-6/h2-7,9,19H,8,16H2,1H3;2-5H,8H2,1H3. The van der Waals surface area contributed by atoms with Crippen molar-refractivity contribution in [3.05, 3.63) is 94.5 Å². The van der Waals surface area contributed by atoms with E-state index in [0.29, 0.717) is 5.56 Å². The molecule has 0 aromatic heterocycles. The summed E-state index contributed by atoms with van der Waals surface area (Å²) in [5, 5.41) is 0. The Labute approximate surface area is 165 Å². The topological polar surface area (TPSA) is 78.3 Å². The Morgan fingerprint density at radius 2 is 1.37 bits per heavy atom. The molecular weight excluding hydrogens is 356 g/mol. The summed E-state index contributed by atoms with van der Waals surface area (Å²) in [6, 6.07) is 21.2. The van der Waals surface area contributed by atoms with Crippen molar-refractivity contribution in [3.63, 3.8) is 0 Å². The van der Waals surface area contributed by atoms with Crippen LogP contribution in [0.4, 0.5) is 11.4 Å². The van der Waals surface area contributed by atoms with Crippen LogP contribution in [0.5, 0.6) is 0 Å². The maximum Gasteiger partial charge on any atom is 0.350 e. The van der Waals surface area contributed by atoms with E-state index >= 15 is 0 Å². The van der Waals surface area contributed by atoms with Crippen molar-refractivity contribution in [1.82, 2.24) is 0 Å². The molecule has 5 heteroatoms. The van der Waals surface area contributed by atoms with Crippen molar-refractivity contribution in [2.24, 2.45) is 0 Å². The molecule has 0 fully saturated rings. The Kier molecular flexibility index (Phi) is 7.32. The van der Waals surface area contributed by atoms with Crippen molar-refractivity contribution in [2.45, 2.75) is 20.3 Å². The summed E-state index contributed by atoms with van der Waals surface area (Å²) < 4.78 is 4.48. The molecule has 0 aliphatic rings. The van der Waals surface area contributed by atoms with E-state index in [4.69, 9.17) is 11.5 Å². The fraction of sp³-hybridized carbons (Fsp3) is 0.136. The van der Waals surface area contributed by atoms with E-state index in [2.05, 4.69) is 17.1 Å². The zero-order chi connectivity index (χ0) is 19.8. The number of benzene rings is 3. The van der Waals surface area contributed by atoms with E-state index in [1.165, 1.54) is 5.56 Å². The Hall–Kier alpha value is -2.92. The third-order valence-corrected chi connectivity index (χ3v) is 4.24. The maximum atomic E-state index is 11.6. The smallest absolute Gasteiger partial charge is 0.350 e. The van der Waals surface area contributed by atoms with Crippen LogP contribution in [0.1, 0.15) is 32.6 Å². The van der Waals surface area contributed by atoms with Crippen LogP contribution in [0.3, 0.4) is 0 Å². The number of hydrogen-bond acceptors (Lipinski definition) is 5. The average Bonchev–Trinajstić information content (AvgIpc) is 2.67. The second kappa shape index (κ2) is 9.69. The molecule has 3 aromatic carbocycles. The number of hydrogen-bond donors (Lipinski definition) is 3. The van der Waals surface area contributed by atoms with Crippen LogP contribution < -0.4 is 11.5 Å². The predicted octanol–water partition coefficient (Wildman–Crippen LogP) is 4.75. The van der Waals surface area contributed by atoms with Gasteiger partial charge in [-0.05, 0) is 67.3 Å². The first-order valence-electron chi connectivity index (χ1n) is 8.51. The van der Waals surface area contributed by atoms with Crippen LogP contribution in [-0.2, 0) is 10.6 Å². The number of carbonyl (C=O) groups excluding carboxylic acids is 1. The van der Waals surface area contributed by atoms with Gasteiger partial charge in [-0.1, -0.05) is 42.0 Å². The Bertz CT molecular complexity index is 870. The van der Waals surface area contributed by atoms with Gasteiger partial charge in [-0.2, -0.15) is 0 Å². The number of anilines is 2. The first kappa shape index (κ1) is 20.4. The molecule has 0 unspecified atom stereocenters. The fourth-order valence-electron chi connectivity index (χ4n) is 2.49. The minimum atomic E-state index is -0.431. The van der Waals surface area contributed by atoms with E-state index in [1.807, 2.05) is 80.6 Å². The normalized spacial score (nSPS) is 9.89. The van der Waals surface area contributed by atoms with Gasteiger partial charge in [0.2, 0.25) is 0 Å². The molecule has 140 valence electrons. The molecule has 0 bridgehead atoms. The number of aryl methyl sites for hydroxylation is 2. The van der Waals surface area contributed by atoms with Crippen LogP contribution in [0.15, 0.2) is 66.7 Å². The van der Waals surface area contributed by atoms with Gasteiger partial charge in [0, 0.05) is 24.3 Å². The van der Waals surface area contributed by atoms with Gasteiger partial charge in [0.05, 0.1) is 5.56 Å². The molecular formula is C22H24N2O2S. The highest BCUT2D eigenvalue weighted by Crippen LogP contribution is 2.17. The molecule has 0 saturated heterocycles. The van der Waals surface area contributed by atoms with Gasteiger partial charge in [0.1, 0.15) is 0 Å². The second-order valence-electron chi connectivity index (χ2n) is 6.36. The Morgan fingerprint density at radius 3 is 1.89 bits per heavy atom. The first-order valence-corrected chi connectivity index (χ1v) is 8.87. The van der Waals surface area contributed by atoms with Gasteiger partial charge < -0.3 is 15.7 Å². The van der Waals surface area contributed by atoms with E-state index < -0.39 is 5.97 Å². The number of thiol groups is 1. The fourth-order valence-corrected chi connectivity index (χ4v) is 2.58. The predicted molar refractivity (Wildman–Crippen MR) is 115 cm³/mol. The highest BCUT2D eigenvalue weighted by molar-refractivity contribution is 7.75. The lowest BCUT2D eigenvalue weighted by Crippen LogP contribution is -2.02. The number of rotatable bonds is 3. The zero-order valence-electron chi connectivity index (χ0n) is 15.5. The summed E-state index contributed by atoms with van der Waals surface area (Å²) in [5.41, 5.74) is 17.5. The van der Waals surface area contributed by atoms with Crippen molar-refractivity contribution >= 4 is 30.3 Å². The lowest BCUT2D eigenvalue weighted by molar-refractivity contribution is 0.0771. The zero-order valence-corrected chi connectivity index (χ0v) is 16.4. The van der Waals surface area contributed by atoms with Crippen molar-refractivity contribution in [2.75, 3.05) is 11.5 Å². The second-order valence-corrected chi connectivity index (χ2v) is 6.54. The highest BCUT2D eigenvalue weighted by atomic mass is 32.1. The van der Waals surface area contributed by atoms with Crippen molar-refractivity contribution in [3.8, 4) is 0 Å². The van der Waals surface area contributed by atoms with Gasteiger partial charge in [0.15, 0.2) is 0 Å². The van der Waals surface area contributed by atoms with Crippen molar-refractivity contribution < 1.29 is 8.98 Å². The van der Waals surface area contributed by atoms with E-state index in [9.17, 15) is 4.79 Å². The maximum absolute atomic E-state index is 11.6. The van der Waals surface area contributed by atoms with Crippen LogP contribution in [0.25, 0.3) is 0 Å².